The predicted octanol–water partition coefficient (Wildman–Crippen LogP) is 10.5. The highest BCUT2D eigenvalue weighted by molar-refractivity contribution is 5.82. The monoisotopic (exact) mass is 551 g/mol. The largest absolute Gasteiger partial charge is 0.375 e. The summed E-state index contributed by atoms with van der Waals surface area (Å²) in [5, 5.41) is 1.54. The van der Waals surface area contributed by atoms with Crippen LogP contribution in [0.25, 0.3) is 16.5 Å². The van der Waals surface area contributed by atoms with Crippen molar-refractivity contribution in [1.29, 1.82) is 0 Å². The minimum Gasteiger partial charge on any atom is -0.375 e. The average molecular weight is 552 g/mol. The Morgan fingerprint density at radius 1 is 0.950 bits per heavy atom. The fourth-order valence-corrected chi connectivity index (χ4v) is 5.07. The summed E-state index contributed by atoms with van der Waals surface area (Å²) in [6.45, 7) is 14.8. The zero-order valence-corrected chi connectivity index (χ0v) is 26.3. The lowest BCUT2D eigenvalue weighted by Gasteiger charge is -2.08. The Labute approximate surface area is 243 Å². The van der Waals surface area contributed by atoms with E-state index in [1.54, 1.807) is 25.3 Å². The molecule has 222 valence electrons. The van der Waals surface area contributed by atoms with E-state index in [2.05, 4.69) is 34.6 Å². The number of halogens is 1. The van der Waals surface area contributed by atoms with Crippen LogP contribution in [0.5, 0.6) is 0 Å². The van der Waals surface area contributed by atoms with Crippen molar-refractivity contribution in [1.82, 2.24) is 4.57 Å². The van der Waals surface area contributed by atoms with Gasteiger partial charge in [0.05, 0.1) is 17.9 Å². The number of nitrogens with zero attached hydrogens (tertiary/aromatic N) is 1. The molecule has 3 atom stereocenters. The summed E-state index contributed by atoms with van der Waals surface area (Å²) in [6.07, 6.45) is 18.1. The number of aryl methyl sites for hydroxylation is 2. The molecule has 0 radical (unpaired) electrons. The zero-order chi connectivity index (χ0) is 29.5. The van der Waals surface area contributed by atoms with Gasteiger partial charge in [0, 0.05) is 11.6 Å². The Morgan fingerprint density at radius 2 is 1.62 bits per heavy atom. The molecule has 0 N–H and O–H groups in total. The number of hydrogen-bond donors (Lipinski definition) is 0. The van der Waals surface area contributed by atoms with Crippen molar-refractivity contribution in [3.05, 3.63) is 76.0 Å². The van der Waals surface area contributed by atoms with E-state index in [1.807, 2.05) is 31.2 Å². The lowest BCUT2D eigenvalue weighted by molar-refractivity contribution is 0.0540. The molecule has 40 heavy (non-hydrogen) atoms. The molecule has 2 fully saturated rings. The number of aromatic nitrogens is 1. The van der Waals surface area contributed by atoms with Crippen LogP contribution in [0.2, 0.25) is 0 Å². The highest BCUT2D eigenvalue weighted by Crippen LogP contribution is 2.20. The van der Waals surface area contributed by atoms with Gasteiger partial charge in [0.15, 0.2) is 0 Å². The maximum atomic E-state index is 13.6. The first-order valence-electron chi connectivity index (χ1n) is 15.7. The van der Waals surface area contributed by atoms with Crippen LogP contribution in [-0.2, 0) is 4.74 Å². The maximum Gasteiger partial charge on any atom is 0.262 e. The van der Waals surface area contributed by atoms with E-state index in [1.165, 1.54) is 81.3 Å². The van der Waals surface area contributed by atoms with Gasteiger partial charge in [0.2, 0.25) is 0 Å². The molecular formula is C36H54FNO2. The third-order valence-corrected chi connectivity index (χ3v) is 8.00. The summed E-state index contributed by atoms with van der Waals surface area (Å²) in [5.41, 5.74) is 2.08. The van der Waals surface area contributed by atoms with Crippen LogP contribution in [0.1, 0.15) is 116 Å². The van der Waals surface area contributed by atoms with Gasteiger partial charge in [-0.15, -0.1) is 0 Å². The number of rotatable bonds is 5. The summed E-state index contributed by atoms with van der Waals surface area (Å²) in [5.74, 6) is 0.642. The van der Waals surface area contributed by atoms with Gasteiger partial charge in [-0.3, -0.25) is 9.36 Å². The van der Waals surface area contributed by atoms with Crippen molar-refractivity contribution >= 4 is 10.8 Å². The van der Waals surface area contributed by atoms with Crippen molar-refractivity contribution in [3.8, 4) is 5.69 Å². The Balaban J connectivity index is 0.000000229. The van der Waals surface area contributed by atoms with Crippen LogP contribution in [-0.4, -0.2) is 16.8 Å². The average Bonchev–Trinajstić information content (AvgIpc) is 3.67. The van der Waals surface area contributed by atoms with Crippen LogP contribution >= 0.6 is 0 Å². The van der Waals surface area contributed by atoms with E-state index >= 15 is 0 Å². The van der Waals surface area contributed by atoms with Crippen LogP contribution in [0.15, 0.2) is 53.5 Å². The quantitative estimate of drug-likeness (QED) is 0.316. The topological polar surface area (TPSA) is 31.2 Å². The normalized spacial score (nSPS) is 18.6. The van der Waals surface area contributed by atoms with Gasteiger partial charge >= 0.3 is 0 Å². The van der Waals surface area contributed by atoms with Crippen LogP contribution in [0, 0.1) is 25.6 Å². The van der Waals surface area contributed by atoms with Gasteiger partial charge in [0.25, 0.3) is 5.56 Å². The van der Waals surface area contributed by atoms with E-state index < -0.39 is 0 Å². The van der Waals surface area contributed by atoms with Crippen LogP contribution < -0.4 is 5.56 Å². The number of fused-ring (bicyclic) bond motifs is 1. The van der Waals surface area contributed by atoms with Crippen molar-refractivity contribution < 1.29 is 9.13 Å². The summed E-state index contributed by atoms with van der Waals surface area (Å²) in [7, 11) is 0. The summed E-state index contributed by atoms with van der Waals surface area (Å²) in [6, 6.07) is 12.4. The van der Waals surface area contributed by atoms with Crippen molar-refractivity contribution in [2.45, 2.75) is 131 Å². The molecule has 2 aromatic carbocycles. The first kappa shape index (κ1) is 33.7. The molecule has 1 aliphatic heterocycles. The molecule has 2 aliphatic rings. The SMILES string of the molecule is C1CCCC1.CCC1CCC(C)O1.CCCC(C)CC.Cc1ccc2c(=O)n(-c3ccc(C)c(F)c3)ccc2c1. The molecule has 0 spiro atoms. The van der Waals surface area contributed by atoms with Gasteiger partial charge < -0.3 is 4.74 Å². The van der Waals surface area contributed by atoms with E-state index in [4.69, 9.17) is 4.74 Å². The standard InChI is InChI=1S/C17H14FNO.C7H14O.C7H16.C5H10/c1-11-3-6-15-13(9-11)7-8-19(17(15)20)14-5-4-12(2)16(18)10-14;1-3-7-5-4-6(2)8-7;1-4-6-7(3)5-2;1-2-4-5-3-1/h3-10H,1-2H3;6-7H,3-5H2,1-2H3;7H,4-6H2,1-3H3;1-5H2. The first-order valence-corrected chi connectivity index (χ1v) is 15.7. The number of benzene rings is 2. The van der Waals surface area contributed by atoms with Gasteiger partial charge in [-0.2, -0.15) is 0 Å². The second kappa shape index (κ2) is 18.1. The van der Waals surface area contributed by atoms with E-state index in [0.29, 0.717) is 28.8 Å². The number of pyridine rings is 1. The summed E-state index contributed by atoms with van der Waals surface area (Å²) < 4.78 is 20.6. The fraction of sp³-hybridized carbons (Fsp3) is 0.583. The van der Waals surface area contributed by atoms with Crippen molar-refractivity contribution in [3.63, 3.8) is 0 Å². The second-order valence-electron chi connectivity index (χ2n) is 11.6. The Morgan fingerprint density at radius 3 is 2.10 bits per heavy atom. The fourth-order valence-electron chi connectivity index (χ4n) is 5.07. The molecule has 3 aromatic rings. The molecule has 3 unspecified atom stereocenters. The van der Waals surface area contributed by atoms with Crippen molar-refractivity contribution in [2.24, 2.45) is 5.92 Å². The zero-order valence-electron chi connectivity index (χ0n) is 26.3. The van der Waals surface area contributed by atoms with E-state index in [0.717, 1.165) is 16.9 Å². The highest BCUT2D eigenvalue weighted by atomic mass is 19.1. The molecule has 1 aliphatic carbocycles. The Hall–Kier alpha value is -2.46. The second-order valence-corrected chi connectivity index (χ2v) is 11.6. The van der Waals surface area contributed by atoms with E-state index in [9.17, 15) is 9.18 Å². The minimum atomic E-state index is -0.307. The molecule has 5 rings (SSSR count). The van der Waals surface area contributed by atoms with Crippen LogP contribution in [0.4, 0.5) is 4.39 Å². The predicted molar refractivity (Wildman–Crippen MR) is 170 cm³/mol. The highest BCUT2D eigenvalue weighted by Gasteiger charge is 2.19. The molecule has 2 heterocycles. The summed E-state index contributed by atoms with van der Waals surface area (Å²) >= 11 is 0. The molecule has 0 amide bonds. The lowest BCUT2D eigenvalue weighted by atomic mass is 10.0. The molecule has 0 bridgehead atoms. The molecule has 1 saturated heterocycles. The summed E-state index contributed by atoms with van der Waals surface area (Å²) in [4.78, 5) is 12.5. The van der Waals surface area contributed by atoms with Gasteiger partial charge in [-0.25, -0.2) is 4.39 Å². The third-order valence-electron chi connectivity index (χ3n) is 8.00. The smallest absolute Gasteiger partial charge is 0.262 e. The molecule has 1 aromatic heterocycles. The van der Waals surface area contributed by atoms with E-state index in [-0.39, 0.29) is 11.4 Å². The molecular weight excluding hydrogens is 497 g/mol. The Bertz CT molecular complexity index is 1190. The Kier molecular flexibility index (Phi) is 15.2. The molecule has 3 nitrogen and oxygen atoms in total. The first-order chi connectivity index (χ1) is 19.2. The van der Waals surface area contributed by atoms with Crippen molar-refractivity contribution in [2.75, 3.05) is 0 Å². The third kappa shape index (κ3) is 11.2. The van der Waals surface area contributed by atoms with Crippen LogP contribution in [0.3, 0.4) is 0 Å². The minimum absolute atomic E-state index is 0.134. The van der Waals surface area contributed by atoms with Gasteiger partial charge in [0.1, 0.15) is 5.82 Å². The molecule has 1 saturated carbocycles. The maximum absolute atomic E-state index is 13.6. The number of ether oxygens (including phenoxy) is 1. The van der Waals surface area contributed by atoms with Gasteiger partial charge in [-0.1, -0.05) is 103 Å². The lowest BCUT2D eigenvalue weighted by Crippen LogP contribution is -2.17. The molecule has 4 heteroatoms. The number of hydrogen-bond acceptors (Lipinski definition) is 2. The van der Waals surface area contributed by atoms with Gasteiger partial charge in [-0.05, 0) is 81.2 Å².